The molecule has 0 aromatic heterocycles. The normalized spacial score (nSPS) is 17.5. The van der Waals surface area contributed by atoms with Gasteiger partial charge in [-0.3, -0.25) is 4.79 Å². The summed E-state index contributed by atoms with van der Waals surface area (Å²) in [5, 5.41) is 0. The van der Waals surface area contributed by atoms with Gasteiger partial charge in [0.25, 0.3) is 0 Å². The third-order valence-corrected chi connectivity index (χ3v) is 1.01. The Morgan fingerprint density at radius 2 is 2.12 bits per heavy atom. The number of rotatable bonds is 0. The maximum atomic E-state index is 10.3. The van der Waals surface area contributed by atoms with Crippen LogP contribution in [0.5, 0.6) is 0 Å². The number of ketones is 1. The summed E-state index contributed by atoms with van der Waals surface area (Å²) in [5.74, 6) is 0.164. The lowest BCUT2D eigenvalue weighted by atomic mass is 10.3. The van der Waals surface area contributed by atoms with E-state index in [4.69, 9.17) is 5.73 Å². The zero-order valence-corrected chi connectivity index (χ0v) is 5.20. The molecule has 0 atom stereocenters. The van der Waals surface area contributed by atoms with E-state index in [1.807, 2.05) is 0 Å². The Balaban J connectivity index is 0.000000490. The molecular formula is C5H8ClNO. The standard InChI is InChI=1S/C5H7NO.ClH/c6-4-1-2-5(7)3-4;/h3H,1-2,6H2;1H. The van der Waals surface area contributed by atoms with Crippen LogP contribution < -0.4 is 5.73 Å². The van der Waals surface area contributed by atoms with Crippen molar-refractivity contribution in [2.45, 2.75) is 12.8 Å². The van der Waals surface area contributed by atoms with Crippen LogP contribution in [0.25, 0.3) is 0 Å². The first-order chi connectivity index (χ1) is 3.29. The fraction of sp³-hybridized carbons (Fsp3) is 0.400. The average Bonchev–Trinajstić information content (AvgIpc) is 1.87. The summed E-state index contributed by atoms with van der Waals surface area (Å²) in [6.45, 7) is 0. The predicted molar refractivity (Wildman–Crippen MR) is 33.8 cm³/mol. The lowest BCUT2D eigenvalue weighted by Gasteiger charge is -1.80. The molecule has 8 heavy (non-hydrogen) atoms. The Morgan fingerprint density at radius 1 is 1.50 bits per heavy atom. The number of halogens is 1. The van der Waals surface area contributed by atoms with Gasteiger partial charge in [0.1, 0.15) is 0 Å². The monoisotopic (exact) mass is 133 g/mol. The van der Waals surface area contributed by atoms with Crippen LogP contribution in [0.2, 0.25) is 0 Å². The van der Waals surface area contributed by atoms with Crippen molar-refractivity contribution in [2.24, 2.45) is 5.73 Å². The third kappa shape index (κ3) is 1.54. The van der Waals surface area contributed by atoms with Crippen molar-refractivity contribution in [3.05, 3.63) is 11.8 Å². The highest BCUT2D eigenvalue weighted by Gasteiger charge is 2.06. The number of allylic oxidation sites excluding steroid dienone is 2. The largest absolute Gasteiger partial charge is 0.402 e. The zero-order valence-electron chi connectivity index (χ0n) is 4.39. The SMILES string of the molecule is Cl.NC1=CC(=O)CC1. The molecule has 0 aromatic carbocycles. The van der Waals surface area contributed by atoms with Crippen molar-refractivity contribution >= 4 is 18.2 Å². The quantitative estimate of drug-likeness (QED) is 0.526. The average molecular weight is 134 g/mol. The molecule has 2 nitrogen and oxygen atoms in total. The second-order valence-electron chi connectivity index (χ2n) is 1.69. The van der Waals surface area contributed by atoms with Gasteiger partial charge in [0.05, 0.1) is 0 Å². The van der Waals surface area contributed by atoms with Crippen LogP contribution in [0.4, 0.5) is 0 Å². The molecule has 0 bridgehead atoms. The summed E-state index contributed by atoms with van der Waals surface area (Å²) >= 11 is 0. The minimum Gasteiger partial charge on any atom is -0.402 e. The van der Waals surface area contributed by atoms with Crippen molar-refractivity contribution in [3.8, 4) is 0 Å². The molecule has 0 heterocycles. The van der Waals surface area contributed by atoms with Gasteiger partial charge in [0.15, 0.2) is 5.78 Å². The molecule has 0 fully saturated rings. The topological polar surface area (TPSA) is 43.1 Å². The molecule has 0 unspecified atom stereocenters. The molecule has 0 saturated carbocycles. The fourth-order valence-electron chi connectivity index (χ4n) is 0.619. The summed E-state index contributed by atoms with van der Waals surface area (Å²) in [6.07, 6.45) is 2.88. The maximum absolute atomic E-state index is 10.3. The van der Waals surface area contributed by atoms with E-state index < -0.39 is 0 Å². The van der Waals surface area contributed by atoms with E-state index in [-0.39, 0.29) is 18.2 Å². The summed E-state index contributed by atoms with van der Waals surface area (Å²) in [7, 11) is 0. The first kappa shape index (κ1) is 7.50. The second-order valence-corrected chi connectivity index (χ2v) is 1.69. The van der Waals surface area contributed by atoms with Crippen LogP contribution in [0.1, 0.15) is 12.8 Å². The molecule has 0 amide bonds. The van der Waals surface area contributed by atoms with E-state index in [1.54, 1.807) is 0 Å². The van der Waals surface area contributed by atoms with E-state index in [0.717, 1.165) is 12.1 Å². The molecular weight excluding hydrogens is 126 g/mol. The van der Waals surface area contributed by atoms with Crippen LogP contribution in [-0.4, -0.2) is 5.78 Å². The summed E-state index contributed by atoms with van der Waals surface area (Å²) < 4.78 is 0. The smallest absolute Gasteiger partial charge is 0.157 e. The Hall–Kier alpha value is -0.500. The highest BCUT2D eigenvalue weighted by atomic mass is 35.5. The Kier molecular flexibility index (Phi) is 2.55. The molecule has 0 spiro atoms. The van der Waals surface area contributed by atoms with Crippen LogP contribution in [-0.2, 0) is 4.79 Å². The van der Waals surface area contributed by atoms with Crippen LogP contribution in [0.3, 0.4) is 0 Å². The van der Waals surface area contributed by atoms with Crippen LogP contribution in [0, 0.1) is 0 Å². The van der Waals surface area contributed by atoms with E-state index in [1.165, 1.54) is 6.08 Å². The second kappa shape index (κ2) is 2.72. The van der Waals surface area contributed by atoms with Gasteiger partial charge in [-0.05, 0) is 12.5 Å². The van der Waals surface area contributed by atoms with E-state index in [2.05, 4.69) is 0 Å². The lowest BCUT2D eigenvalue weighted by molar-refractivity contribution is -0.114. The molecule has 0 radical (unpaired) electrons. The van der Waals surface area contributed by atoms with Gasteiger partial charge in [0, 0.05) is 12.1 Å². The number of hydrogen-bond donors (Lipinski definition) is 1. The zero-order chi connectivity index (χ0) is 5.28. The molecule has 0 saturated heterocycles. The molecule has 3 heteroatoms. The predicted octanol–water partition coefficient (Wildman–Crippen LogP) is 0.614. The van der Waals surface area contributed by atoms with Gasteiger partial charge >= 0.3 is 0 Å². The van der Waals surface area contributed by atoms with Gasteiger partial charge < -0.3 is 5.73 Å². The Labute approximate surface area is 54.2 Å². The number of nitrogens with two attached hydrogens (primary N) is 1. The molecule has 1 aliphatic carbocycles. The first-order valence-corrected chi connectivity index (χ1v) is 2.28. The Bertz CT molecular complexity index is 130. The van der Waals surface area contributed by atoms with Crippen molar-refractivity contribution < 1.29 is 4.79 Å². The van der Waals surface area contributed by atoms with Gasteiger partial charge in [0.2, 0.25) is 0 Å². The molecule has 0 aromatic rings. The van der Waals surface area contributed by atoms with Gasteiger partial charge in [-0.1, -0.05) is 0 Å². The molecule has 1 aliphatic rings. The highest BCUT2D eigenvalue weighted by molar-refractivity contribution is 5.92. The summed E-state index contributed by atoms with van der Waals surface area (Å²) in [5.41, 5.74) is 5.99. The van der Waals surface area contributed by atoms with E-state index in [0.29, 0.717) is 6.42 Å². The van der Waals surface area contributed by atoms with E-state index >= 15 is 0 Å². The first-order valence-electron chi connectivity index (χ1n) is 2.28. The lowest BCUT2D eigenvalue weighted by Crippen LogP contribution is -1.89. The van der Waals surface area contributed by atoms with Gasteiger partial charge in [-0.15, -0.1) is 12.4 Å². The summed E-state index contributed by atoms with van der Waals surface area (Å²) in [6, 6.07) is 0. The fourth-order valence-corrected chi connectivity index (χ4v) is 0.619. The van der Waals surface area contributed by atoms with Crippen molar-refractivity contribution in [2.75, 3.05) is 0 Å². The van der Waals surface area contributed by atoms with Crippen molar-refractivity contribution in [3.63, 3.8) is 0 Å². The molecule has 46 valence electrons. The molecule has 2 N–H and O–H groups in total. The molecule has 0 aliphatic heterocycles. The minimum absolute atomic E-state index is 0. The number of carbonyl (C=O) groups excluding carboxylic acids is 1. The van der Waals surface area contributed by atoms with Crippen molar-refractivity contribution in [1.82, 2.24) is 0 Å². The summed E-state index contributed by atoms with van der Waals surface area (Å²) in [4.78, 5) is 10.3. The minimum atomic E-state index is 0. The maximum Gasteiger partial charge on any atom is 0.157 e. The van der Waals surface area contributed by atoms with Gasteiger partial charge in [-0.25, -0.2) is 0 Å². The highest BCUT2D eigenvalue weighted by Crippen LogP contribution is 2.07. The number of carbonyl (C=O) groups is 1. The number of hydrogen-bond acceptors (Lipinski definition) is 2. The van der Waals surface area contributed by atoms with Crippen molar-refractivity contribution in [1.29, 1.82) is 0 Å². The van der Waals surface area contributed by atoms with Gasteiger partial charge in [-0.2, -0.15) is 0 Å². The Morgan fingerprint density at radius 3 is 2.25 bits per heavy atom. The third-order valence-electron chi connectivity index (χ3n) is 1.01. The molecule has 1 rings (SSSR count). The van der Waals surface area contributed by atoms with Crippen LogP contribution in [0.15, 0.2) is 11.8 Å². The van der Waals surface area contributed by atoms with Crippen LogP contribution >= 0.6 is 12.4 Å². The van der Waals surface area contributed by atoms with E-state index in [9.17, 15) is 4.79 Å².